The highest BCUT2D eigenvalue weighted by Crippen LogP contribution is 2.00. The van der Waals surface area contributed by atoms with Crippen LogP contribution in [-0.2, 0) is 9.53 Å². The molecule has 0 aliphatic rings. The van der Waals surface area contributed by atoms with Crippen LogP contribution in [0.2, 0.25) is 0 Å². The van der Waals surface area contributed by atoms with Gasteiger partial charge >= 0.3 is 0 Å². The Kier molecular flexibility index (Phi) is 11.6. The summed E-state index contributed by atoms with van der Waals surface area (Å²) in [5, 5.41) is 0. The number of methoxy groups -OCH3 is 1. The molecule has 0 aliphatic heterocycles. The number of hydrogen-bond donors (Lipinski definition) is 1. The molecule has 0 saturated carbocycles. The van der Waals surface area contributed by atoms with Crippen LogP contribution >= 0.6 is 12.4 Å². The lowest BCUT2D eigenvalue weighted by atomic mass is 10.2. The Labute approximate surface area is 98.6 Å². The molecule has 0 aromatic rings. The predicted molar refractivity (Wildman–Crippen MR) is 64.2 cm³/mol. The van der Waals surface area contributed by atoms with Crippen LogP contribution in [0.15, 0.2) is 0 Å². The minimum Gasteiger partial charge on any atom is -0.383 e. The van der Waals surface area contributed by atoms with Crippen LogP contribution in [0.4, 0.5) is 0 Å². The molecule has 0 unspecified atom stereocenters. The number of hydrogen-bond acceptors (Lipinski definition) is 3. The third kappa shape index (κ3) is 8.66. The summed E-state index contributed by atoms with van der Waals surface area (Å²) in [6.07, 6.45) is 0.427. The molecule has 0 spiro atoms. The van der Waals surface area contributed by atoms with Gasteiger partial charge in [0, 0.05) is 33.2 Å². The number of amides is 1. The van der Waals surface area contributed by atoms with E-state index in [1.807, 2.05) is 4.90 Å². The Morgan fingerprint density at radius 2 is 2.07 bits per heavy atom. The van der Waals surface area contributed by atoms with Gasteiger partial charge < -0.3 is 15.4 Å². The largest absolute Gasteiger partial charge is 0.383 e. The van der Waals surface area contributed by atoms with Crippen LogP contribution in [0.5, 0.6) is 0 Å². The number of halogens is 1. The van der Waals surface area contributed by atoms with E-state index in [2.05, 4.69) is 13.8 Å². The molecule has 1 amide bonds. The lowest BCUT2D eigenvalue weighted by Gasteiger charge is -2.24. The van der Waals surface area contributed by atoms with E-state index in [9.17, 15) is 4.79 Å². The molecule has 4 nitrogen and oxygen atoms in total. The van der Waals surface area contributed by atoms with E-state index in [0.717, 1.165) is 6.54 Å². The number of rotatable bonds is 7. The topological polar surface area (TPSA) is 55.6 Å². The number of ether oxygens (including phenoxy) is 1. The van der Waals surface area contributed by atoms with E-state index in [0.29, 0.717) is 32.0 Å². The zero-order valence-corrected chi connectivity index (χ0v) is 10.7. The van der Waals surface area contributed by atoms with Crippen LogP contribution < -0.4 is 5.73 Å². The summed E-state index contributed by atoms with van der Waals surface area (Å²) >= 11 is 0. The molecule has 0 aromatic heterocycles. The smallest absolute Gasteiger partial charge is 0.223 e. The first-order chi connectivity index (χ1) is 6.61. The van der Waals surface area contributed by atoms with Crippen LogP contribution in [0, 0.1) is 5.92 Å². The lowest BCUT2D eigenvalue weighted by molar-refractivity contribution is -0.132. The van der Waals surface area contributed by atoms with Crippen molar-refractivity contribution in [3.8, 4) is 0 Å². The molecule has 0 saturated heterocycles. The van der Waals surface area contributed by atoms with Crippen molar-refractivity contribution in [3.63, 3.8) is 0 Å². The van der Waals surface area contributed by atoms with Gasteiger partial charge in [-0.25, -0.2) is 0 Å². The summed E-state index contributed by atoms with van der Waals surface area (Å²) in [5.41, 5.74) is 5.35. The van der Waals surface area contributed by atoms with Crippen molar-refractivity contribution in [2.45, 2.75) is 20.3 Å². The minimum absolute atomic E-state index is 0. The first kappa shape index (κ1) is 17.1. The molecule has 0 fully saturated rings. The van der Waals surface area contributed by atoms with Gasteiger partial charge in [-0.1, -0.05) is 13.8 Å². The monoisotopic (exact) mass is 238 g/mol. The molecule has 0 atom stereocenters. The summed E-state index contributed by atoms with van der Waals surface area (Å²) in [7, 11) is 1.64. The van der Waals surface area contributed by atoms with E-state index in [-0.39, 0.29) is 18.3 Å². The fourth-order valence-electron chi connectivity index (χ4n) is 1.24. The highest BCUT2D eigenvalue weighted by atomic mass is 35.5. The fourth-order valence-corrected chi connectivity index (χ4v) is 1.24. The zero-order valence-electron chi connectivity index (χ0n) is 9.86. The van der Waals surface area contributed by atoms with E-state index in [1.54, 1.807) is 7.11 Å². The third-order valence-electron chi connectivity index (χ3n) is 1.86. The van der Waals surface area contributed by atoms with Gasteiger partial charge in [-0.05, 0) is 5.92 Å². The maximum atomic E-state index is 11.6. The highest BCUT2D eigenvalue weighted by molar-refractivity contribution is 5.85. The van der Waals surface area contributed by atoms with Crippen LogP contribution in [0.1, 0.15) is 20.3 Å². The Bertz CT molecular complexity index is 166. The number of carbonyl (C=O) groups is 1. The second-order valence-electron chi connectivity index (χ2n) is 3.77. The first-order valence-corrected chi connectivity index (χ1v) is 5.08. The van der Waals surface area contributed by atoms with Gasteiger partial charge in [-0.2, -0.15) is 0 Å². The Hall–Kier alpha value is -0.320. The molecule has 0 rings (SSSR count). The van der Waals surface area contributed by atoms with Crippen LogP contribution in [0.25, 0.3) is 0 Å². The molecule has 0 aromatic carbocycles. The standard InChI is InChI=1S/C10H22N2O2.ClH/c1-9(2)8-12(6-7-14-3)10(13)4-5-11;/h9H,4-8,11H2,1-3H3;1H. The second kappa shape index (κ2) is 10.2. The molecular weight excluding hydrogens is 216 g/mol. The van der Waals surface area contributed by atoms with Crippen molar-refractivity contribution in [3.05, 3.63) is 0 Å². The van der Waals surface area contributed by atoms with Crippen LogP contribution in [0.3, 0.4) is 0 Å². The number of nitrogens with zero attached hydrogens (tertiary/aromatic N) is 1. The highest BCUT2D eigenvalue weighted by Gasteiger charge is 2.13. The Morgan fingerprint density at radius 3 is 2.47 bits per heavy atom. The fraction of sp³-hybridized carbons (Fsp3) is 0.900. The molecule has 0 radical (unpaired) electrons. The van der Waals surface area contributed by atoms with Gasteiger partial charge in [0.1, 0.15) is 0 Å². The van der Waals surface area contributed by atoms with Crippen molar-refractivity contribution in [2.75, 3.05) is 33.4 Å². The van der Waals surface area contributed by atoms with Crippen molar-refractivity contribution < 1.29 is 9.53 Å². The summed E-state index contributed by atoms with van der Waals surface area (Å²) in [6, 6.07) is 0. The van der Waals surface area contributed by atoms with Gasteiger partial charge in [0.2, 0.25) is 5.91 Å². The molecule has 0 heterocycles. The summed E-state index contributed by atoms with van der Waals surface area (Å²) in [4.78, 5) is 13.4. The molecule has 5 heteroatoms. The molecular formula is C10H23ClN2O2. The maximum Gasteiger partial charge on any atom is 0.223 e. The molecule has 0 aliphatic carbocycles. The van der Waals surface area contributed by atoms with Crippen LogP contribution in [-0.4, -0.2) is 44.2 Å². The quantitative estimate of drug-likeness (QED) is 0.717. The van der Waals surface area contributed by atoms with E-state index in [4.69, 9.17) is 10.5 Å². The maximum absolute atomic E-state index is 11.6. The summed E-state index contributed by atoms with van der Waals surface area (Å²) in [5.74, 6) is 0.604. The predicted octanol–water partition coefficient (Wildman–Crippen LogP) is 0.888. The van der Waals surface area contributed by atoms with E-state index < -0.39 is 0 Å². The SMILES string of the molecule is COCCN(CC(C)C)C(=O)CCN.Cl. The summed E-state index contributed by atoms with van der Waals surface area (Å²) < 4.78 is 4.96. The Morgan fingerprint density at radius 1 is 1.47 bits per heavy atom. The van der Waals surface area contributed by atoms with Gasteiger partial charge in [0.05, 0.1) is 6.61 Å². The summed E-state index contributed by atoms with van der Waals surface area (Å²) in [6.45, 7) is 6.63. The van der Waals surface area contributed by atoms with Gasteiger partial charge in [-0.15, -0.1) is 12.4 Å². The lowest BCUT2D eigenvalue weighted by Crippen LogP contribution is -2.37. The van der Waals surface area contributed by atoms with Crippen molar-refractivity contribution in [1.29, 1.82) is 0 Å². The van der Waals surface area contributed by atoms with Gasteiger partial charge in [0.15, 0.2) is 0 Å². The molecule has 15 heavy (non-hydrogen) atoms. The normalized spacial score (nSPS) is 9.93. The van der Waals surface area contributed by atoms with E-state index >= 15 is 0 Å². The average molecular weight is 239 g/mol. The average Bonchev–Trinajstić information content (AvgIpc) is 2.12. The van der Waals surface area contributed by atoms with Crippen molar-refractivity contribution in [2.24, 2.45) is 11.7 Å². The Balaban J connectivity index is 0. The molecule has 0 bridgehead atoms. The van der Waals surface area contributed by atoms with Gasteiger partial charge in [-0.3, -0.25) is 4.79 Å². The minimum atomic E-state index is 0. The zero-order chi connectivity index (χ0) is 11.0. The van der Waals surface area contributed by atoms with Crippen molar-refractivity contribution in [1.82, 2.24) is 4.90 Å². The second-order valence-corrected chi connectivity index (χ2v) is 3.77. The first-order valence-electron chi connectivity index (χ1n) is 5.08. The number of nitrogens with two attached hydrogens (primary N) is 1. The van der Waals surface area contributed by atoms with E-state index in [1.165, 1.54) is 0 Å². The van der Waals surface area contributed by atoms with Crippen molar-refractivity contribution >= 4 is 18.3 Å². The third-order valence-corrected chi connectivity index (χ3v) is 1.86. The number of carbonyl (C=O) groups excluding carboxylic acids is 1. The van der Waals surface area contributed by atoms with Gasteiger partial charge in [0.25, 0.3) is 0 Å². The molecule has 2 N–H and O–H groups in total. The molecule has 92 valence electrons.